The van der Waals surface area contributed by atoms with E-state index >= 15 is 0 Å². The first-order chi connectivity index (χ1) is 10.2. The summed E-state index contributed by atoms with van der Waals surface area (Å²) in [5.74, 6) is 2.20. The van der Waals surface area contributed by atoms with Crippen LogP contribution in [-0.4, -0.2) is 28.6 Å². The van der Waals surface area contributed by atoms with Gasteiger partial charge in [0.25, 0.3) is 0 Å². The van der Waals surface area contributed by atoms with Crippen molar-refractivity contribution in [1.82, 2.24) is 15.0 Å². The lowest BCUT2D eigenvalue weighted by Crippen LogP contribution is -2.08. The van der Waals surface area contributed by atoms with Gasteiger partial charge in [0.2, 0.25) is 5.88 Å². The van der Waals surface area contributed by atoms with Crippen molar-refractivity contribution in [2.75, 3.05) is 19.0 Å². The molecule has 2 heterocycles. The number of hydrogen-bond acceptors (Lipinski definition) is 5. The highest BCUT2D eigenvalue weighted by Crippen LogP contribution is 2.23. The Labute approximate surface area is 125 Å². The van der Waals surface area contributed by atoms with Gasteiger partial charge in [0.05, 0.1) is 7.11 Å². The Bertz CT molecular complexity index is 596. The van der Waals surface area contributed by atoms with Crippen LogP contribution in [0.25, 0.3) is 11.4 Å². The Balaban J connectivity index is 2.41. The van der Waals surface area contributed by atoms with Gasteiger partial charge >= 0.3 is 0 Å². The van der Waals surface area contributed by atoms with Crippen molar-refractivity contribution in [2.45, 2.75) is 33.6 Å². The first-order valence-electron chi connectivity index (χ1n) is 7.31. The third-order valence-electron chi connectivity index (χ3n) is 3.33. The third-order valence-corrected chi connectivity index (χ3v) is 3.33. The van der Waals surface area contributed by atoms with Gasteiger partial charge in [-0.15, -0.1) is 0 Å². The summed E-state index contributed by atoms with van der Waals surface area (Å²) >= 11 is 0. The number of methoxy groups -OCH3 is 1. The number of anilines is 1. The topological polar surface area (TPSA) is 59.9 Å². The minimum Gasteiger partial charge on any atom is -0.481 e. The van der Waals surface area contributed by atoms with Crippen LogP contribution in [-0.2, 0) is 6.42 Å². The third kappa shape index (κ3) is 3.48. The minimum atomic E-state index is 0.589. The summed E-state index contributed by atoms with van der Waals surface area (Å²) in [7, 11) is 1.60. The molecule has 5 heteroatoms. The van der Waals surface area contributed by atoms with Crippen LogP contribution in [0.3, 0.4) is 0 Å². The van der Waals surface area contributed by atoms with Crippen LogP contribution in [0.15, 0.2) is 18.3 Å². The normalized spacial score (nSPS) is 10.5. The maximum absolute atomic E-state index is 5.08. The van der Waals surface area contributed by atoms with Crippen LogP contribution in [0.5, 0.6) is 5.88 Å². The fourth-order valence-corrected chi connectivity index (χ4v) is 2.09. The van der Waals surface area contributed by atoms with Gasteiger partial charge in [0.15, 0.2) is 5.82 Å². The molecule has 21 heavy (non-hydrogen) atoms. The first kappa shape index (κ1) is 15.2. The Morgan fingerprint density at radius 3 is 2.57 bits per heavy atom. The van der Waals surface area contributed by atoms with Crippen molar-refractivity contribution in [3.05, 3.63) is 29.6 Å². The molecule has 5 nitrogen and oxygen atoms in total. The van der Waals surface area contributed by atoms with Gasteiger partial charge in [-0.25, -0.2) is 15.0 Å². The molecule has 0 spiro atoms. The number of hydrogen-bond donors (Lipinski definition) is 1. The molecule has 0 aliphatic carbocycles. The molecule has 0 aromatic carbocycles. The maximum atomic E-state index is 5.08. The molecule has 0 unspecified atom stereocenters. The van der Waals surface area contributed by atoms with E-state index in [9.17, 15) is 0 Å². The summed E-state index contributed by atoms with van der Waals surface area (Å²) in [4.78, 5) is 13.5. The van der Waals surface area contributed by atoms with Gasteiger partial charge in [0, 0.05) is 35.6 Å². The number of rotatable bonds is 6. The van der Waals surface area contributed by atoms with Crippen molar-refractivity contribution in [1.29, 1.82) is 0 Å². The molecule has 0 aliphatic rings. The van der Waals surface area contributed by atoms with E-state index in [2.05, 4.69) is 41.0 Å². The van der Waals surface area contributed by atoms with Gasteiger partial charge in [-0.05, 0) is 25.8 Å². The standard InChI is InChI=1S/C16H22N4O/c1-5-9-17-15-11(3)13(6-2)19-16(20-15)12-7-8-14(21-4)18-10-12/h7-8,10H,5-6,9H2,1-4H3,(H,17,19,20). The molecule has 0 aliphatic heterocycles. The van der Waals surface area contributed by atoms with Crippen molar-refractivity contribution >= 4 is 5.82 Å². The van der Waals surface area contributed by atoms with Gasteiger partial charge in [-0.1, -0.05) is 13.8 Å². The summed E-state index contributed by atoms with van der Waals surface area (Å²) in [6, 6.07) is 3.75. The number of aromatic nitrogens is 3. The van der Waals surface area contributed by atoms with Gasteiger partial charge in [-0.2, -0.15) is 0 Å². The Morgan fingerprint density at radius 1 is 1.19 bits per heavy atom. The summed E-state index contributed by atoms with van der Waals surface area (Å²) in [5, 5.41) is 3.37. The smallest absolute Gasteiger partial charge is 0.212 e. The van der Waals surface area contributed by atoms with E-state index in [1.807, 2.05) is 12.1 Å². The summed E-state index contributed by atoms with van der Waals surface area (Å²) in [6.07, 6.45) is 3.68. The first-order valence-corrected chi connectivity index (χ1v) is 7.31. The summed E-state index contributed by atoms with van der Waals surface area (Å²) in [6.45, 7) is 7.21. The average molecular weight is 286 g/mol. The van der Waals surface area contributed by atoms with Crippen LogP contribution in [0, 0.1) is 6.92 Å². The number of pyridine rings is 1. The van der Waals surface area contributed by atoms with Crippen molar-refractivity contribution in [3.8, 4) is 17.3 Å². The van der Waals surface area contributed by atoms with Crippen LogP contribution < -0.4 is 10.1 Å². The largest absolute Gasteiger partial charge is 0.481 e. The second kappa shape index (κ2) is 7.02. The van der Waals surface area contributed by atoms with Crippen LogP contribution in [0.2, 0.25) is 0 Å². The van der Waals surface area contributed by atoms with E-state index < -0.39 is 0 Å². The zero-order valence-electron chi connectivity index (χ0n) is 13.1. The Hall–Kier alpha value is -2.17. The lowest BCUT2D eigenvalue weighted by Gasteiger charge is -2.13. The molecule has 112 valence electrons. The zero-order valence-corrected chi connectivity index (χ0v) is 13.1. The number of ether oxygens (including phenoxy) is 1. The second-order valence-corrected chi connectivity index (χ2v) is 4.84. The molecular formula is C16H22N4O. The van der Waals surface area contributed by atoms with E-state index in [-0.39, 0.29) is 0 Å². The van der Waals surface area contributed by atoms with E-state index in [0.29, 0.717) is 11.7 Å². The van der Waals surface area contributed by atoms with Crippen molar-refractivity contribution in [3.63, 3.8) is 0 Å². The molecule has 0 radical (unpaired) electrons. The van der Waals surface area contributed by atoms with Crippen LogP contribution in [0.4, 0.5) is 5.82 Å². The molecule has 0 saturated heterocycles. The lowest BCUT2D eigenvalue weighted by atomic mass is 10.1. The summed E-state index contributed by atoms with van der Waals surface area (Å²) in [5.41, 5.74) is 3.08. The molecule has 0 fully saturated rings. The molecule has 2 aromatic heterocycles. The fraction of sp³-hybridized carbons (Fsp3) is 0.438. The SMILES string of the molecule is CCCNc1nc(-c2ccc(OC)nc2)nc(CC)c1C. The minimum absolute atomic E-state index is 0.589. The zero-order chi connectivity index (χ0) is 15.2. The number of nitrogens with one attached hydrogen (secondary N) is 1. The van der Waals surface area contributed by atoms with Gasteiger partial charge in [0.1, 0.15) is 5.82 Å². The van der Waals surface area contributed by atoms with Crippen LogP contribution >= 0.6 is 0 Å². The maximum Gasteiger partial charge on any atom is 0.212 e. The predicted molar refractivity (Wildman–Crippen MR) is 84.7 cm³/mol. The molecule has 0 saturated carbocycles. The Morgan fingerprint density at radius 2 is 2.00 bits per heavy atom. The average Bonchev–Trinajstić information content (AvgIpc) is 2.54. The number of nitrogens with zero attached hydrogens (tertiary/aromatic N) is 3. The highest BCUT2D eigenvalue weighted by atomic mass is 16.5. The highest BCUT2D eigenvalue weighted by molar-refractivity contribution is 5.59. The second-order valence-electron chi connectivity index (χ2n) is 4.84. The quantitative estimate of drug-likeness (QED) is 0.883. The molecule has 0 amide bonds. The molecule has 0 atom stereocenters. The lowest BCUT2D eigenvalue weighted by molar-refractivity contribution is 0.398. The molecule has 0 bridgehead atoms. The summed E-state index contributed by atoms with van der Waals surface area (Å²) < 4.78 is 5.08. The van der Waals surface area contributed by atoms with E-state index in [1.54, 1.807) is 13.3 Å². The van der Waals surface area contributed by atoms with Crippen molar-refractivity contribution in [2.24, 2.45) is 0 Å². The van der Waals surface area contributed by atoms with E-state index in [0.717, 1.165) is 42.0 Å². The van der Waals surface area contributed by atoms with E-state index in [4.69, 9.17) is 4.74 Å². The predicted octanol–water partition coefficient (Wildman–Crippen LogP) is 3.24. The number of aryl methyl sites for hydroxylation is 1. The van der Waals surface area contributed by atoms with Crippen molar-refractivity contribution < 1.29 is 4.74 Å². The van der Waals surface area contributed by atoms with E-state index in [1.165, 1.54) is 0 Å². The Kier molecular flexibility index (Phi) is 5.09. The van der Waals surface area contributed by atoms with Gasteiger partial charge < -0.3 is 10.1 Å². The monoisotopic (exact) mass is 286 g/mol. The highest BCUT2D eigenvalue weighted by Gasteiger charge is 2.11. The molecule has 2 rings (SSSR count). The molecular weight excluding hydrogens is 264 g/mol. The fourth-order valence-electron chi connectivity index (χ4n) is 2.09. The van der Waals surface area contributed by atoms with Gasteiger partial charge in [-0.3, -0.25) is 0 Å². The molecule has 2 aromatic rings. The molecule has 1 N–H and O–H groups in total. The van der Waals surface area contributed by atoms with Crippen LogP contribution in [0.1, 0.15) is 31.5 Å².